The number of methoxy groups -OCH3 is 1. The van der Waals surface area contributed by atoms with Crippen LogP contribution in [0.2, 0.25) is 0 Å². The van der Waals surface area contributed by atoms with Crippen LogP contribution >= 0.6 is 0 Å². The Morgan fingerprint density at radius 3 is 3.06 bits per heavy atom. The first-order valence-corrected chi connectivity index (χ1v) is 5.83. The Morgan fingerprint density at radius 1 is 1.65 bits per heavy atom. The van der Waals surface area contributed by atoms with Crippen molar-refractivity contribution < 1.29 is 9.53 Å². The third kappa shape index (κ3) is 2.76. The van der Waals surface area contributed by atoms with E-state index < -0.39 is 0 Å². The first-order chi connectivity index (χ1) is 8.20. The summed E-state index contributed by atoms with van der Waals surface area (Å²) in [7, 11) is 3.35. The predicted octanol–water partition coefficient (Wildman–Crippen LogP) is 0.509. The summed E-state index contributed by atoms with van der Waals surface area (Å²) in [6.45, 7) is 0.906. The van der Waals surface area contributed by atoms with Gasteiger partial charge in [0.2, 0.25) is 11.8 Å². The second-order valence-electron chi connectivity index (χ2n) is 4.19. The van der Waals surface area contributed by atoms with Gasteiger partial charge in [-0.25, -0.2) is 4.68 Å². The van der Waals surface area contributed by atoms with Gasteiger partial charge in [-0.2, -0.15) is 5.10 Å². The van der Waals surface area contributed by atoms with Gasteiger partial charge < -0.3 is 15.4 Å². The molecule has 1 saturated heterocycles. The molecule has 2 N–H and O–H groups in total. The van der Waals surface area contributed by atoms with Crippen LogP contribution in [-0.2, 0) is 11.8 Å². The second-order valence-corrected chi connectivity index (χ2v) is 4.19. The highest BCUT2D eigenvalue weighted by Crippen LogP contribution is 2.16. The summed E-state index contributed by atoms with van der Waals surface area (Å²) in [5.41, 5.74) is 0. The molecule has 1 aromatic rings. The summed E-state index contributed by atoms with van der Waals surface area (Å²) in [6.07, 6.45) is 3.12. The average molecular weight is 238 g/mol. The predicted molar refractivity (Wildman–Crippen MR) is 64.0 cm³/mol. The highest BCUT2D eigenvalue weighted by molar-refractivity contribution is 5.94. The van der Waals surface area contributed by atoms with E-state index in [1.54, 1.807) is 24.9 Å². The van der Waals surface area contributed by atoms with Gasteiger partial charge in [0.25, 0.3) is 0 Å². The third-order valence-electron chi connectivity index (χ3n) is 2.92. The maximum atomic E-state index is 11.9. The Bertz CT molecular complexity index is 396. The molecule has 0 bridgehead atoms. The van der Waals surface area contributed by atoms with Crippen LogP contribution in [0.4, 0.5) is 5.82 Å². The van der Waals surface area contributed by atoms with Crippen LogP contribution in [0.1, 0.15) is 19.3 Å². The van der Waals surface area contributed by atoms with Gasteiger partial charge in [-0.15, -0.1) is 0 Å². The lowest BCUT2D eigenvalue weighted by atomic mass is 10.0. The van der Waals surface area contributed by atoms with Gasteiger partial charge in [-0.05, 0) is 19.4 Å². The molecule has 1 fully saturated rings. The smallest absolute Gasteiger partial charge is 0.242 e. The van der Waals surface area contributed by atoms with Crippen molar-refractivity contribution in [2.24, 2.45) is 7.05 Å². The standard InChI is InChI=1S/C11H18N4O2/c1-15-10(17-2)7-9(14-15)13-11(16)8-5-3-4-6-12-8/h7-8,12H,3-6H2,1-2H3,(H,13,14,16)/t8-/m0/s1. The van der Waals surface area contributed by atoms with E-state index in [0.29, 0.717) is 11.7 Å². The molecular formula is C11H18N4O2. The highest BCUT2D eigenvalue weighted by atomic mass is 16.5. The zero-order valence-corrected chi connectivity index (χ0v) is 10.2. The fourth-order valence-corrected chi connectivity index (χ4v) is 1.99. The number of carbonyl (C=O) groups is 1. The molecule has 2 rings (SSSR count). The average Bonchev–Trinajstić information content (AvgIpc) is 2.70. The van der Waals surface area contributed by atoms with E-state index in [4.69, 9.17) is 4.74 Å². The van der Waals surface area contributed by atoms with Gasteiger partial charge in [0.05, 0.1) is 13.2 Å². The maximum absolute atomic E-state index is 11.9. The lowest BCUT2D eigenvalue weighted by Gasteiger charge is -2.21. The number of hydrogen-bond acceptors (Lipinski definition) is 4. The Morgan fingerprint density at radius 2 is 2.47 bits per heavy atom. The number of aryl methyl sites for hydroxylation is 1. The Kier molecular flexibility index (Phi) is 3.63. The Labute approximate surface area is 100 Å². The fraction of sp³-hybridized carbons (Fsp3) is 0.636. The van der Waals surface area contributed by atoms with Crippen molar-refractivity contribution in [1.29, 1.82) is 0 Å². The molecule has 17 heavy (non-hydrogen) atoms. The number of ether oxygens (including phenoxy) is 1. The molecule has 0 unspecified atom stereocenters. The van der Waals surface area contributed by atoms with Gasteiger partial charge in [-0.3, -0.25) is 4.79 Å². The molecule has 1 aliphatic heterocycles. The number of anilines is 1. The number of nitrogens with zero attached hydrogens (tertiary/aromatic N) is 2. The number of piperidine rings is 1. The van der Waals surface area contributed by atoms with Crippen molar-refractivity contribution in [3.05, 3.63) is 6.07 Å². The molecule has 6 nitrogen and oxygen atoms in total. The van der Waals surface area contributed by atoms with E-state index >= 15 is 0 Å². The normalized spacial score (nSPS) is 20.0. The first-order valence-electron chi connectivity index (χ1n) is 5.83. The number of nitrogens with one attached hydrogen (secondary N) is 2. The molecule has 1 amide bonds. The van der Waals surface area contributed by atoms with Crippen LogP contribution in [0.5, 0.6) is 5.88 Å². The summed E-state index contributed by atoms with van der Waals surface area (Å²) in [5, 5.41) is 10.1. The second kappa shape index (κ2) is 5.18. The molecule has 6 heteroatoms. The SMILES string of the molecule is COc1cc(NC(=O)[C@@H]2CCCCN2)nn1C. The number of carbonyl (C=O) groups excluding carboxylic acids is 1. The molecule has 0 saturated carbocycles. The van der Waals surface area contributed by atoms with Gasteiger partial charge in [-0.1, -0.05) is 6.42 Å². The van der Waals surface area contributed by atoms with Crippen molar-refractivity contribution in [1.82, 2.24) is 15.1 Å². The van der Waals surface area contributed by atoms with E-state index in [1.165, 1.54) is 0 Å². The van der Waals surface area contributed by atoms with Crippen LogP contribution in [0, 0.1) is 0 Å². The van der Waals surface area contributed by atoms with Gasteiger partial charge >= 0.3 is 0 Å². The van der Waals surface area contributed by atoms with E-state index in [0.717, 1.165) is 25.8 Å². The van der Waals surface area contributed by atoms with Gasteiger partial charge in [0.15, 0.2) is 5.82 Å². The Hall–Kier alpha value is -1.56. The lowest BCUT2D eigenvalue weighted by Crippen LogP contribution is -2.43. The minimum absolute atomic E-state index is 0.0227. The van der Waals surface area contributed by atoms with Gasteiger partial charge in [0, 0.05) is 13.1 Å². The molecule has 0 aromatic carbocycles. The van der Waals surface area contributed by atoms with E-state index in [-0.39, 0.29) is 11.9 Å². The quantitative estimate of drug-likeness (QED) is 0.805. The van der Waals surface area contributed by atoms with Crippen molar-refractivity contribution in [2.75, 3.05) is 19.0 Å². The third-order valence-corrected chi connectivity index (χ3v) is 2.92. The molecule has 0 spiro atoms. The van der Waals surface area contributed by atoms with E-state index in [9.17, 15) is 4.79 Å². The number of rotatable bonds is 3. The van der Waals surface area contributed by atoms with Crippen LogP contribution < -0.4 is 15.4 Å². The molecule has 94 valence electrons. The summed E-state index contributed by atoms with van der Waals surface area (Å²) in [5.74, 6) is 1.13. The molecule has 1 atom stereocenters. The topological polar surface area (TPSA) is 68.2 Å². The zero-order valence-electron chi connectivity index (χ0n) is 10.2. The van der Waals surface area contributed by atoms with Crippen molar-refractivity contribution in [3.8, 4) is 5.88 Å². The minimum atomic E-state index is -0.100. The summed E-state index contributed by atoms with van der Waals surface area (Å²) in [4.78, 5) is 11.9. The highest BCUT2D eigenvalue weighted by Gasteiger charge is 2.21. The minimum Gasteiger partial charge on any atom is -0.481 e. The van der Waals surface area contributed by atoms with E-state index in [2.05, 4.69) is 15.7 Å². The Balaban J connectivity index is 1.97. The van der Waals surface area contributed by atoms with Crippen LogP contribution in [-0.4, -0.2) is 35.4 Å². The number of hydrogen-bond donors (Lipinski definition) is 2. The molecule has 2 heterocycles. The molecule has 1 aliphatic rings. The lowest BCUT2D eigenvalue weighted by molar-refractivity contribution is -0.118. The molecule has 1 aromatic heterocycles. The van der Waals surface area contributed by atoms with E-state index in [1.807, 2.05) is 0 Å². The molecular weight excluding hydrogens is 220 g/mol. The van der Waals surface area contributed by atoms with Crippen LogP contribution in [0.25, 0.3) is 0 Å². The molecule has 0 aliphatic carbocycles. The zero-order chi connectivity index (χ0) is 12.3. The van der Waals surface area contributed by atoms with Gasteiger partial charge in [0.1, 0.15) is 0 Å². The van der Waals surface area contributed by atoms with Crippen molar-refractivity contribution >= 4 is 11.7 Å². The monoisotopic (exact) mass is 238 g/mol. The summed E-state index contributed by atoms with van der Waals surface area (Å²) in [6, 6.07) is 1.61. The maximum Gasteiger partial charge on any atom is 0.242 e. The van der Waals surface area contributed by atoms with Crippen molar-refractivity contribution in [3.63, 3.8) is 0 Å². The number of amides is 1. The van der Waals surface area contributed by atoms with Crippen LogP contribution in [0.15, 0.2) is 6.07 Å². The summed E-state index contributed by atoms with van der Waals surface area (Å²) < 4.78 is 6.67. The fourth-order valence-electron chi connectivity index (χ4n) is 1.99. The van der Waals surface area contributed by atoms with Crippen molar-refractivity contribution in [2.45, 2.75) is 25.3 Å². The first kappa shape index (κ1) is 11.9. The largest absolute Gasteiger partial charge is 0.481 e. The van der Waals surface area contributed by atoms with Crippen LogP contribution in [0.3, 0.4) is 0 Å². The summed E-state index contributed by atoms with van der Waals surface area (Å²) >= 11 is 0. The molecule has 0 radical (unpaired) electrons. The number of aromatic nitrogens is 2.